The SMILES string of the molecule is CCN(C1CC1)S(=O)(=O)c1cc(C)c(Cl)c(N)c1. The van der Waals surface area contributed by atoms with Crippen molar-refractivity contribution in [3.8, 4) is 0 Å². The lowest BCUT2D eigenvalue weighted by atomic mass is 10.2. The van der Waals surface area contributed by atoms with E-state index in [-0.39, 0.29) is 10.9 Å². The van der Waals surface area contributed by atoms with Crippen molar-refractivity contribution in [1.29, 1.82) is 0 Å². The quantitative estimate of drug-likeness (QED) is 0.865. The van der Waals surface area contributed by atoms with Crippen molar-refractivity contribution in [2.75, 3.05) is 12.3 Å². The van der Waals surface area contributed by atoms with E-state index >= 15 is 0 Å². The van der Waals surface area contributed by atoms with Crippen LogP contribution in [0.1, 0.15) is 25.3 Å². The molecular weight excluding hydrogens is 272 g/mol. The van der Waals surface area contributed by atoms with E-state index in [9.17, 15) is 8.42 Å². The van der Waals surface area contributed by atoms with Gasteiger partial charge in [-0.05, 0) is 37.5 Å². The highest BCUT2D eigenvalue weighted by atomic mass is 35.5. The van der Waals surface area contributed by atoms with E-state index in [2.05, 4.69) is 0 Å². The lowest BCUT2D eigenvalue weighted by molar-refractivity contribution is 0.421. The minimum atomic E-state index is -3.45. The number of anilines is 1. The van der Waals surface area contributed by atoms with Crippen LogP contribution in [0.2, 0.25) is 5.02 Å². The fourth-order valence-corrected chi connectivity index (χ4v) is 3.96. The molecule has 1 aliphatic carbocycles. The Bertz CT molecular complexity index is 544. The third-order valence-corrected chi connectivity index (χ3v) is 5.65. The monoisotopic (exact) mass is 288 g/mol. The van der Waals surface area contributed by atoms with Crippen LogP contribution in [-0.4, -0.2) is 25.3 Å². The van der Waals surface area contributed by atoms with Gasteiger partial charge in [-0.1, -0.05) is 18.5 Å². The van der Waals surface area contributed by atoms with Gasteiger partial charge in [-0.2, -0.15) is 4.31 Å². The lowest BCUT2D eigenvalue weighted by Gasteiger charge is -2.20. The molecule has 0 unspecified atom stereocenters. The maximum atomic E-state index is 12.5. The second kappa shape index (κ2) is 4.72. The van der Waals surface area contributed by atoms with Gasteiger partial charge in [0.2, 0.25) is 10.0 Å². The second-order valence-electron chi connectivity index (χ2n) is 4.58. The molecule has 0 saturated heterocycles. The molecule has 1 aromatic rings. The molecule has 0 spiro atoms. The van der Waals surface area contributed by atoms with Crippen molar-refractivity contribution < 1.29 is 8.42 Å². The van der Waals surface area contributed by atoms with Gasteiger partial charge in [0, 0.05) is 12.6 Å². The Morgan fingerprint density at radius 2 is 2.06 bits per heavy atom. The molecule has 18 heavy (non-hydrogen) atoms. The molecule has 4 nitrogen and oxygen atoms in total. The number of aryl methyl sites for hydroxylation is 1. The first-order valence-corrected chi connectivity index (χ1v) is 7.77. The van der Waals surface area contributed by atoms with Crippen LogP contribution in [0.5, 0.6) is 0 Å². The Morgan fingerprint density at radius 1 is 1.44 bits per heavy atom. The van der Waals surface area contributed by atoms with E-state index in [4.69, 9.17) is 17.3 Å². The molecule has 1 fully saturated rings. The molecule has 0 atom stereocenters. The van der Waals surface area contributed by atoms with E-state index in [0.29, 0.717) is 22.8 Å². The van der Waals surface area contributed by atoms with Crippen LogP contribution in [0.3, 0.4) is 0 Å². The summed E-state index contributed by atoms with van der Waals surface area (Å²) in [6.07, 6.45) is 1.88. The van der Waals surface area contributed by atoms with Gasteiger partial charge in [0.25, 0.3) is 0 Å². The molecule has 100 valence electrons. The van der Waals surface area contributed by atoms with Crippen molar-refractivity contribution in [3.05, 3.63) is 22.7 Å². The Morgan fingerprint density at radius 3 is 2.50 bits per heavy atom. The summed E-state index contributed by atoms with van der Waals surface area (Å²) in [6, 6.07) is 3.17. The van der Waals surface area contributed by atoms with Crippen LogP contribution in [0.15, 0.2) is 17.0 Å². The third-order valence-electron chi connectivity index (χ3n) is 3.13. The van der Waals surface area contributed by atoms with Crippen molar-refractivity contribution in [3.63, 3.8) is 0 Å². The summed E-state index contributed by atoms with van der Waals surface area (Å²) < 4.78 is 26.5. The van der Waals surface area contributed by atoms with Gasteiger partial charge >= 0.3 is 0 Å². The largest absolute Gasteiger partial charge is 0.397 e. The number of nitrogen functional groups attached to an aromatic ring is 1. The molecule has 0 aliphatic heterocycles. The van der Waals surface area contributed by atoms with Crippen molar-refractivity contribution in [2.24, 2.45) is 0 Å². The van der Waals surface area contributed by atoms with Crippen LogP contribution in [0, 0.1) is 6.92 Å². The molecule has 0 heterocycles. The maximum Gasteiger partial charge on any atom is 0.243 e. The number of hydrogen-bond donors (Lipinski definition) is 1. The number of hydrogen-bond acceptors (Lipinski definition) is 3. The number of benzene rings is 1. The lowest BCUT2D eigenvalue weighted by Crippen LogP contribution is -2.33. The molecule has 1 aromatic carbocycles. The van der Waals surface area contributed by atoms with Crippen LogP contribution in [0.25, 0.3) is 0 Å². The van der Waals surface area contributed by atoms with Gasteiger partial charge in [0.15, 0.2) is 0 Å². The first kappa shape index (κ1) is 13.6. The smallest absolute Gasteiger partial charge is 0.243 e. The van der Waals surface area contributed by atoms with Gasteiger partial charge in [0.1, 0.15) is 0 Å². The van der Waals surface area contributed by atoms with Gasteiger partial charge in [-0.3, -0.25) is 0 Å². The molecule has 0 amide bonds. The number of nitrogens with two attached hydrogens (primary N) is 1. The van der Waals surface area contributed by atoms with E-state index in [1.54, 1.807) is 13.0 Å². The van der Waals surface area contributed by atoms with Crippen LogP contribution in [-0.2, 0) is 10.0 Å². The molecule has 6 heteroatoms. The first-order chi connectivity index (χ1) is 8.37. The standard InChI is InChI=1S/C12H17ClN2O2S/c1-3-15(9-4-5-9)18(16,17)10-6-8(2)12(13)11(14)7-10/h6-7,9H,3-5,14H2,1-2H3. The Balaban J connectivity index is 2.46. The average molecular weight is 289 g/mol. The van der Waals surface area contributed by atoms with Crippen molar-refractivity contribution in [2.45, 2.75) is 37.6 Å². The van der Waals surface area contributed by atoms with E-state index in [1.807, 2.05) is 6.92 Å². The zero-order valence-corrected chi connectivity index (χ0v) is 12.1. The highest BCUT2D eigenvalue weighted by Crippen LogP contribution is 2.34. The number of rotatable bonds is 4. The molecule has 0 aromatic heterocycles. The molecule has 2 N–H and O–H groups in total. The number of halogens is 1. The number of nitrogens with zero attached hydrogens (tertiary/aromatic N) is 1. The number of sulfonamides is 1. The Hall–Kier alpha value is -0.780. The Kier molecular flexibility index (Phi) is 3.58. The third kappa shape index (κ3) is 2.35. The molecule has 1 aliphatic rings. The molecule has 0 radical (unpaired) electrons. The minimum absolute atomic E-state index is 0.150. The highest BCUT2D eigenvalue weighted by Gasteiger charge is 2.37. The first-order valence-electron chi connectivity index (χ1n) is 5.95. The van der Waals surface area contributed by atoms with Gasteiger partial charge < -0.3 is 5.73 Å². The minimum Gasteiger partial charge on any atom is -0.397 e. The molecular formula is C12H17ClN2O2S. The zero-order chi connectivity index (χ0) is 13.5. The predicted octanol–water partition coefficient (Wildman–Crippen LogP) is 2.40. The van der Waals surface area contributed by atoms with Gasteiger partial charge in [-0.15, -0.1) is 0 Å². The van der Waals surface area contributed by atoms with E-state index < -0.39 is 10.0 Å². The van der Waals surface area contributed by atoms with Crippen molar-refractivity contribution in [1.82, 2.24) is 4.31 Å². The zero-order valence-electron chi connectivity index (χ0n) is 10.5. The van der Waals surface area contributed by atoms with Gasteiger partial charge in [0.05, 0.1) is 15.6 Å². The summed E-state index contributed by atoms with van der Waals surface area (Å²) >= 11 is 5.95. The van der Waals surface area contributed by atoms with Crippen LogP contribution >= 0.6 is 11.6 Å². The van der Waals surface area contributed by atoms with E-state index in [1.165, 1.54) is 10.4 Å². The predicted molar refractivity (Wildman–Crippen MR) is 73.2 cm³/mol. The normalized spacial score (nSPS) is 16.2. The summed E-state index contributed by atoms with van der Waals surface area (Å²) in [4.78, 5) is 0.232. The fourth-order valence-electron chi connectivity index (χ4n) is 2.03. The second-order valence-corrected chi connectivity index (χ2v) is 6.85. The molecule has 2 rings (SSSR count). The van der Waals surface area contributed by atoms with Crippen LogP contribution < -0.4 is 5.73 Å². The van der Waals surface area contributed by atoms with Gasteiger partial charge in [-0.25, -0.2) is 8.42 Å². The average Bonchev–Trinajstić information content (AvgIpc) is 3.10. The maximum absolute atomic E-state index is 12.5. The summed E-state index contributed by atoms with van der Waals surface area (Å²) in [6.45, 7) is 4.09. The van der Waals surface area contributed by atoms with Crippen LogP contribution in [0.4, 0.5) is 5.69 Å². The molecule has 1 saturated carbocycles. The summed E-state index contributed by atoms with van der Waals surface area (Å²) in [5.41, 5.74) is 6.73. The molecule has 0 bridgehead atoms. The topological polar surface area (TPSA) is 63.4 Å². The Labute approximate surface area is 113 Å². The van der Waals surface area contributed by atoms with E-state index in [0.717, 1.165) is 12.8 Å². The van der Waals surface area contributed by atoms with Crippen molar-refractivity contribution >= 4 is 27.3 Å². The summed E-state index contributed by atoms with van der Waals surface area (Å²) in [5, 5.41) is 0.420. The fraction of sp³-hybridized carbons (Fsp3) is 0.500. The summed E-state index contributed by atoms with van der Waals surface area (Å²) in [5.74, 6) is 0. The summed E-state index contributed by atoms with van der Waals surface area (Å²) in [7, 11) is -3.45. The highest BCUT2D eigenvalue weighted by molar-refractivity contribution is 7.89.